The molecule has 0 aromatic carbocycles. The number of hydrogen-bond acceptors (Lipinski definition) is 1. The Kier molecular flexibility index (Phi) is 3.15. The molecule has 1 fully saturated rings. The molecule has 2 aliphatic rings. The summed E-state index contributed by atoms with van der Waals surface area (Å²) in [7, 11) is 0. The zero-order valence-corrected chi connectivity index (χ0v) is 8.48. The van der Waals surface area contributed by atoms with Gasteiger partial charge in [0.25, 0.3) is 0 Å². The first-order valence-electron chi connectivity index (χ1n) is 5.27. The number of allylic oxidation sites excluding steroid dienone is 1. The number of thioether (sulfide) groups is 1. The van der Waals surface area contributed by atoms with Gasteiger partial charge in [0.05, 0.1) is 0 Å². The minimum absolute atomic E-state index is 0.863. The van der Waals surface area contributed by atoms with Crippen LogP contribution < -0.4 is 0 Å². The normalized spacial score (nSPS) is 31.2. The highest BCUT2D eigenvalue weighted by Crippen LogP contribution is 2.35. The lowest BCUT2D eigenvalue weighted by atomic mass is 10.1. The van der Waals surface area contributed by atoms with E-state index >= 15 is 0 Å². The van der Waals surface area contributed by atoms with Gasteiger partial charge in [-0.05, 0) is 32.1 Å². The molecule has 1 unspecified atom stereocenters. The van der Waals surface area contributed by atoms with Gasteiger partial charge < -0.3 is 0 Å². The third kappa shape index (κ3) is 2.29. The maximum Gasteiger partial charge on any atom is 0.0229 e. The third-order valence-corrected chi connectivity index (χ3v) is 4.48. The van der Waals surface area contributed by atoms with Gasteiger partial charge in [-0.25, -0.2) is 0 Å². The van der Waals surface area contributed by atoms with E-state index in [2.05, 4.69) is 23.9 Å². The topological polar surface area (TPSA) is 0 Å². The van der Waals surface area contributed by atoms with Crippen LogP contribution in [-0.2, 0) is 0 Å². The molecular weight excluding hydrogens is 164 g/mol. The van der Waals surface area contributed by atoms with E-state index in [1.807, 2.05) is 0 Å². The quantitative estimate of drug-likeness (QED) is 0.586. The number of hydrogen-bond donors (Lipinski definition) is 0. The molecule has 0 saturated heterocycles. The summed E-state index contributed by atoms with van der Waals surface area (Å²) >= 11 is 2.24. The Balaban J connectivity index is 1.77. The molecule has 1 saturated carbocycles. The zero-order valence-electron chi connectivity index (χ0n) is 7.67. The fraction of sp³-hybridized carbons (Fsp3) is 0.818. The molecule has 0 amide bonds. The molecule has 0 aromatic rings. The molecule has 0 spiro atoms. The number of rotatable bonds is 2. The van der Waals surface area contributed by atoms with Crippen molar-refractivity contribution in [1.29, 1.82) is 0 Å². The van der Waals surface area contributed by atoms with E-state index in [9.17, 15) is 0 Å². The monoisotopic (exact) mass is 182 g/mol. The summed E-state index contributed by atoms with van der Waals surface area (Å²) in [6.07, 6.45) is 14.9. The Morgan fingerprint density at radius 1 is 1.00 bits per heavy atom. The predicted molar refractivity (Wildman–Crippen MR) is 56.6 cm³/mol. The van der Waals surface area contributed by atoms with Crippen LogP contribution in [-0.4, -0.2) is 10.5 Å². The zero-order chi connectivity index (χ0) is 8.23. The van der Waals surface area contributed by atoms with Gasteiger partial charge in [0.2, 0.25) is 0 Å². The molecule has 2 rings (SSSR count). The van der Waals surface area contributed by atoms with E-state index in [4.69, 9.17) is 0 Å². The lowest BCUT2D eigenvalue weighted by Crippen LogP contribution is -2.08. The predicted octanol–water partition coefficient (Wildman–Crippen LogP) is 3.77. The largest absolute Gasteiger partial charge is 0.151 e. The highest BCUT2D eigenvalue weighted by molar-refractivity contribution is 8.00. The molecule has 0 bridgehead atoms. The molecule has 68 valence electrons. The van der Waals surface area contributed by atoms with Crippen molar-refractivity contribution in [2.24, 2.45) is 0 Å². The average Bonchev–Trinajstić information content (AvgIpc) is 2.59. The van der Waals surface area contributed by atoms with Crippen LogP contribution in [0.5, 0.6) is 0 Å². The van der Waals surface area contributed by atoms with Gasteiger partial charge in [0.15, 0.2) is 0 Å². The molecule has 12 heavy (non-hydrogen) atoms. The van der Waals surface area contributed by atoms with Crippen LogP contribution in [0, 0.1) is 0 Å². The fourth-order valence-electron chi connectivity index (χ4n) is 2.17. The first-order chi connectivity index (χ1) is 5.95. The standard InChI is InChI=1S/C11H18S/c1-2-6-10(7-3-1)12-11-8-4-5-9-11/h2,6,10-11H,1,3-5,7-9H2. The van der Waals surface area contributed by atoms with Crippen LogP contribution >= 0.6 is 11.8 Å². The summed E-state index contributed by atoms with van der Waals surface area (Å²) in [6, 6.07) is 0. The molecule has 2 aliphatic carbocycles. The SMILES string of the molecule is C1=CC(SC2CCCC2)CCC1. The van der Waals surface area contributed by atoms with Crippen LogP contribution in [0.1, 0.15) is 44.9 Å². The van der Waals surface area contributed by atoms with Gasteiger partial charge in [0, 0.05) is 10.5 Å². The van der Waals surface area contributed by atoms with Crippen LogP contribution in [0.25, 0.3) is 0 Å². The molecule has 1 atom stereocenters. The van der Waals surface area contributed by atoms with Crippen molar-refractivity contribution < 1.29 is 0 Å². The molecule has 0 aromatic heterocycles. The third-order valence-electron chi connectivity index (χ3n) is 2.88. The van der Waals surface area contributed by atoms with E-state index in [0.29, 0.717) is 0 Å². The lowest BCUT2D eigenvalue weighted by molar-refractivity contribution is 0.736. The van der Waals surface area contributed by atoms with Crippen molar-refractivity contribution in [3.8, 4) is 0 Å². The summed E-state index contributed by atoms with van der Waals surface area (Å²) in [5.74, 6) is 0. The van der Waals surface area contributed by atoms with Gasteiger partial charge in [-0.3, -0.25) is 0 Å². The van der Waals surface area contributed by atoms with Crippen LogP contribution in [0.3, 0.4) is 0 Å². The van der Waals surface area contributed by atoms with Gasteiger partial charge in [-0.2, -0.15) is 11.8 Å². The highest BCUT2D eigenvalue weighted by Gasteiger charge is 2.19. The van der Waals surface area contributed by atoms with Crippen molar-refractivity contribution in [2.75, 3.05) is 0 Å². The van der Waals surface area contributed by atoms with Gasteiger partial charge in [-0.1, -0.05) is 25.0 Å². The van der Waals surface area contributed by atoms with Gasteiger partial charge >= 0.3 is 0 Å². The first-order valence-corrected chi connectivity index (χ1v) is 6.21. The summed E-state index contributed by atoms with van der Waals surface area (Å²) in [6.45, 7) is 0. The van der Waals surface area contributed by atoms with E-state index in [1.54, 1.807) is 0 Å². The second-order valence-electron chi connectivity index (χ2n) is 3.94. The molecule has 0 heterocycles. The van der Waals surface area contributed by atoms with Crippen molar-refractivity contribution in [3.05, 3.63) is 12.2 Å². The molecular formula is C11H18S. The Morgan fingerprint density at radius 3 is 2.50 bits per heavy atom. The minimum Gasteiger partial charge on any atom is -0.151 e. The summed E-state index contributed by atoms with van der Waals surface area (Å²) < 4.78 is 0. The van der Waals surface area contributed by atoms with Crippen molar-refractivity contribution >= 4 is 11.8 Å². The second kappa shape index (κ2) is 4.36. The Morgan fingerprint density at radius 2 is 1.83 bits per heavy atom. The van der Waals surface area contributed by atoms with Gasteiger partial charge in [0.1, 0.15) is 0 Å². The van der Waals surface area contributed by atoms with Crippen LogP contribution in [0.4, 0.5) is 0 Å². The summed E-state index contributed by atoms with van der Waals surface area (Å²) in [5, 5.41) is 1.86. The van der Waals surface area contributed by atoms with Crippen molar-refractivity contribution in [1.82, 2.24) is 0 Å². The smallest absolute Gasteiger partial charge is 0.0229 e. The Labute approximate surface area is 79.8 Å². The van der Waals surface area contributed by atoms with E-state index in [1.165, 1.54) is 44.9 Å². The highest BCUT2D eigenvalue weighted by atomic mass is 32.2. The van der Waals surface area contributed by atoms with Crippen molar-refractivity contribution in [2.45, 2.75) is 55.4 Å². The maximum atomic E-state index is 2.44. The fourth-order valence-corrected chi connectivity index (χ4v) is 3.77. The summed E-state index contributed by atoms with van der Waals surface area (Å²) in [5.41, 5.74) is 0. The average molecular weight is 182 g/mol. The molecule has 0 nitrogen and oxygen atoms in total. The van der Waals surface area contributed by atoms with Crippen LogP contribution in [0.15, 0.2) is 12.2 Å². The van der Waals surface area contributed by atoms with Gasteiger partial charge in [-0.15, -0.1) is 0 Å². The second-order valence-corrected chi connectivity index (χ2v) is 5.48. The Bertz CT molecular complexity index is 156. The maximum absolute atomic E-state index is 2.44. The van der Waals surface area contributed by atoms with E-state index < -0.39 is 0 Å². The van der Waals surface area contributed by atoms with E-state index in [-0.39, 0.29) is 0 Å². The molecule has 0 aliphatic heterocycles. The molecule has 0 radical (unpaired) electrons. The van der Waals surface area contributed by atoms with Crippen molar-refractivity contribution in [3.63, 3.8) is 0 Å². The Hall–Kier alpha value is 0.0900. The molecule has 1 heteroatoms. The lowest BCUT2D eigenvalue weighted by Gasteiger charge is -2.19. The van der Waals surface area contributed by atoms with E-state index in [0.717, 1.165) is 10.5 Å². The van der Waals surface area contributed by atoms with Crippen LogP contribution in [0.2, 0.25) is 0 Å². The molecule has 0 N–H and O–H groups in total. The summed E-state index contributed by atoms with van der Waals surface area (Å²) in [4.78, 5) is 0. The first kappa shape index (κ1) is 8.68. The minimum atomic E-state index is 0.863.